The van der Waals surface area contributed by atoms with E-state index < -0.39 is 0 Å². The molecular weight excluding hydrogens is 196 g/mol. The second kappa shape index (κ2) is 4.13. The first kappa shape index (κ1) is 9.71. The van der Waals surface area contributed by atoms with Gasteiger partial charge < -0.3 is 10.6 Å². The van der Waals surface area contributed by atoms with Gasteiger partial charge in [0.25, 0.3) is 0 Å². The molecule has 1 atom stereocenters. The van der Waals surface area contributed by atoms with Gasteiger partial charge in [0, 0.05) is 24.1 Å². The van der Waals surface area contributed by atoms with Gasteiger partial charge in [0.2, 0.25) is 11.1 Å². The van der Waals surface area contributed by atoms with Gasteiger partial charge in [0.15, 0.2) is 0 Å². The first-order chi connectivity index (χ1) is 6.77. The highest BCUT2D eigenvalue weighted by atomic mass is 32.1. The lowest BCUT2D eigenvalue weighted by molar-refractivity contribution is 0.615. The largest absolute Gasteiger partial charge is 0.367 e. The van der Waals surface area contributed by atoms with Crippen LogP contribution in [0, 0.1) is 0 Å². The summed E-state index contributed by atoms with van der Waals surface area (Å²) in [5, 5.41) is 0.983. The van der Waals surface area contributed by atoms with E-state index in [0.29, 0.717) is 12.0 Å². The molecule has 2 heterocycles. The van der Waals surface area contributed by atoms with Gasteiger partial charge in [-0.25, -0.2) is 0 Å². The second-order valence-corrected chi connectivity index (χ2v) is 4.56. The predicted octanol–water partition coefficient (Wildman–Crippen LogP) is 1.89. The first-order valence-corrected chi connectivity index (χ1v) is 5.90. The van der Waals surface area contributed by atoms with E-state index in [-0.39, 0.29) is 0 Å². The highest BCUT2D eigenvalue weighted by Crippen LogP contribution is 2.25. The molecule has 0 amide bonds. The summed E-state index contributed by atoms with van der Waals surface area (Å²) in [6.07, 6.45) is 5.16. The van der Waals surface area contributed by atoms with Crippen molar-refractivity contribution in [1.29, 1.82) is 0 Å². The molecule has 1 unspecified atom stereocenters. The minimum Gasteiger partial charge on any atom is -0.367 e. The normalized spacial score (nSPS) is 23.5. The van der Waals surface area contributed by atoms with Crippen molar-refractivity contribution in [3.05, 3.63) is 0 Å². The molecule has 0 aromatic carbocycles. The summed E-state index contributed by atoms with van der Waals surface area (Å²) >= 11 is 1.41. The van der Waals surface area contributed by atoms with Gasteiger partial charge in [-0.05, 0) is 19.8 Å². The molecule has 1 aliphatic heterocycles. The minimum atomic E-state index is 0.404. The number of anilines is 2. The molecule has 4 nitrogen and oxygen atoms in total. The van der Waals surface area contributed by atoms with E-state index in [9.17, 15) is 0 Å². The highest BCUT2D eigenvalue weighted by Gasteiger charge is 2.19. The monoisotopic (exact) mass is 212 g/mol. The molecule has 0 aliphatic carbocycles. The lowest BCUT2D eigenvalue weighted by Crippen LogP contribution is -2.32. The number of nitrogen functional groups attached to an aromatic ring is 1. The van der Waals surface area contributed by atoms with Gasteiger partial charge >= 0.3 is 0 Å². The Balaban J connectivity index is 2.14. The summed E-state index contributed by atoms with van der Waals surface area (Å²) in [7, 11) is 0. The lowest BCUT2D eigenvalue weighted by Gasteiger charge is -2.25. The summed E-state index contributed by atoms with van der Waals surface area (Å²) < 4.78 is 4.02. The summed E-state index contributed by atoms with van der Waals surface area (Å²) in [6, 6.07) is 0.574. The molecule has 5 heteroatoms. The van der Waals surface area contributed by atoms with Crippen LogP contribution in [0.25, 0.3) is 0 Å². The Morgan fingerprint density at radius 3 is 3.00 bits per heavy atom. The first-order valence-electron chi connectivity index (χ1n) is 5.13. The molecular formula is C9H16N4S. The molecule has 0 bridgehead atoms. The number of rotatable bonds is 1. The van der Waals surface area contributed by atoms with Crippen molar-refractivity contribution in [1.82, 2.24) is 9.36 Å². The van der Waals surface area contributed by atoms with Gasteiger partial charge in [-0.1, -0.05) is 12.8 Å². The van der Waals surface area contributed by atoms with E-state index in [1.54, 1.807) is 0 Å². The van der Waals surface area contributed by atoms with Crippen LogP contribution in [0.3, 0.4) is 0 Å². The van der Waals surface area contributed by atoms with Crippen LogP contribution in [0.2, 0.25) is 0 Å². The molecule has 1 aromatic heterocycles. The number of nitrogens with zero attached hydrogens (tertiary/aromatic N) is 3. The Morgan fingerprint density at radius 1 is 1.43 bits per heavy atom. The molecule has 1 saturated heterocycles. The molecule has 78 valence electrons. The zero-order valence-electron chi connectivity index (χ0n) is 8.44. The predicted molar refractivity (Wildman–Crippen MR) is 59.6 cm³/mol. The van der Waals surface area contributed by atoms with Crippen LogP contribution in [0.1, 0.15) is 32.6 Å². The summed E-state index contributed by atoms with van der Waals surface area (Å²) in [5.41, 5.74) is 5.53. The van der Waals surface area contributed by atoms with Crippen LogP contribution in [0.5, 0.6) is 0 Å². The number of aromatic nitrogens is 2. The summed E-state index contributed by atoms with van der Waals surface area (Å²) in [6.45, 7) is 3.35. The topological polar surface area (TPSA) is 55.0 Å². The smallest absolute Gasteiger partial charge is 0.233 e. The number of nitrogens with two attached hydrogens (primary N) is 1. The fourth-order valence-electron chi connectivity index (χ4n) is 1.90. The van der Waals surface area contributed by atoms with Crippen LogP contribution in [0.15, 0.2) is 0 Å². The zero-order chi connectivity index (χ0) is 9.97. The number of hydrogen-bond donors (Lipinski definition) is 1. The van der Waals surface area contributed by atoms with Crippen LogP contribution in [-0.2, 0) is 0 Å². The lowest BCUT2D eigenvalue weighted by atomic mass is 10.1. The maximum Gasteiger partial charge on any atom is 0.233 e. The third kappa shape index (κ3) is 1.97. The van der Waals surface area contributed by atoms with Crippen molar-refractivity contribution in [2.75, 3.05) is 17.2 Å². The van der Waals surface area contributed by atoms with E-state index in [1.165, 1.54) is 37.2 Å². The van der Waals surface area contributed by atoms with Gasteiger partial charge in [0.1, 0.15) is 0 Å². The standard InChI is InChI=1S/C9H16N4S/c1-7-5-3-2-4-6-13(7)9-11-8(10)12-14-9/h7H,2-6H2,1H3,(H2,10,12). The molecule has 2 N–H and O–H groups in total. The average Bonchev–Trinajstić information content (AvgIpc) is 2.46. The molecule has 0 spiro atoms. The van der Waals surface area contributed by atoms with Crippen molar-refractivity contribution < 1.29 is 0 Å². The molecule has 1 fully saturated rings. The Hall–Kier alpha value is -0.840. The van der Waals surface area contributed by atoms with E-state index >= 15 is 0 Å². The maximum atomic E-state index is 5.53. The van der Waals surface area contributed by atoms with Crippen molar-refractivity contribution >= 4 is 22.6 Å². The molecule has 0 radical (unpaired) electrons. The Labute approximate surface area is 88.3 Å². The quantitative estimate of drug-likeness (QED) is 0.772. The second-order valence-electron chi connectivity index (χ2n) is 3.83. The summed E-state index contributed by atoms with van der Waals surface area (Å²) in [5.74, 6) is 0.404. The van der Waals surface area contributed by atoms with Crippen LogP contribution in [-0.4, -0.2) is 21.9 Å². The highest BCUT2D eigenvalue weighted by molar-refractivity contribution is 7.09. The Morgan fingerprint density at radius 2 is 2.29 bits per heavy atom. The Kier molecular flexibility index (Phi) is 2.86. The third-order valence-corrected chi connectivity index (χ3v) is 3.50. The van der Waals surface area contributed by atoms with Crippen molar-refractivity contribution in [2.24, 2.45) is 0 Å². The number of hydrogen-bond acceptors (Lipinski definition) is 5. The van der Waals surface area contributed by atoms with Crippen molar-refractivity contribution in [3.63, 3.8) is 0 Å². The molecule has 2 rings (SSSR count). The van der Waals surface area contributed by atoms with Crippen molar-refractivity contribution in [2.45, 2.75) is 38.6 Å². The summed E-state index contributed by atoms with van der Waals surface area (Å²) in [4.78, 5) is 6.57. The molecule has 1 aliphatic rings. The maximum absolute atomic E-state index is 5.53. The minimum absolute atomic E-state index is 0.404. The van der Waals surface area contributed by atoms with E-state index in [4.69, 9.17) is 5.73 Å². The van der Waals surface area contributed by atoms with Crippen LogP contribution >= 0.6 is 11.5 Å². The molecule has 0 saturated carbocycles. The molecule has 14 heavy (non-hydrogen) atoms. The van der Waals surface area contributed by atoms with Crippen LogP contribution < -0.4 is 10.6 Å². The van der Waals surface area contributed by atoms with Gasteiger partial charge in [-0.3, -0.25) is 0 Å². The van der Waals surface area contributed by atoms with Crippen LogP contribution in [0.4, 0.5) is 11.1 Å². The van der Waals surface area contributed by atoms with E-state index in [2.05, 4.69) is 21.2 Å². The van der Waals surface area contributed by atoms with Gasteiger partial charge in [-0.15, -0.1) is 0 Å². The third-order valence-electron chi connectivity index (χ3n) is 2.73. The Bertz CT molecular complexity index is 299. The van der Waals surface area contributed by atoms with Gasteiger partial charge in [0.05, 0.1) is 0 Å². The molecule has 1 aromatic rings. The fourth-order valence-corrected chi connectivity index (χ4v) is 2.63. The van der Waals surface area contributed by atoms with E-state index in [1.807, 2.05) is 0 Å². The van der Waals surface area contributed by atoms with Gasteiger partial charge in [-0.2, -0.15) is 9.36 Å². The van der Waals surface area contributed by atoms with E-state index in [0.717, 1.165) is 11.7 Å². The van der Waals surface area contributed by atoms with Crippen molar-refractivity contribution in [3.8, 4) is 0 Å². The zero-order valence-corrected chi connectivity index (χ0v) is 9.26. The fraction of sp³-hybridized carbons (Fsp3) is 0.778. The average molecular weight is 212 g/mol. The SMILES string of the molecule is CC1CCCCCN1c1nc(N)ns1.